The Balaban J connectivity index is 2.73. The minimum Gasteiger partial charge on any atom is -0.271 e. The number of carbonyl (C=O) groups excluding carboxylic acids is 1. The summed E-state index contributed by atoms with van der Waals surface area (Å²) in [6, 6.07) is 5.51. The van der Waals surface area contributed by atoms with Crippen LogP contribution >= 0.6 is 15.9 Å². The standard InChI is InChI=1S/C11H14BrNO2/c1-7(2)15-13-11(14)9-4-8(3)5-10(12)6-9/h4-7H,1-3H3,(H,13,14). The third-order valence-electron chi connectivity index (χ3n) is 1.69. The van der Waals surface area contributed by atoms with Gasteiger partial charge in [-0.25, -0.2) is 5.48 Å². The van der Waals surface area contributed by atoms with E-state index in [0.717, 1.165) is 10.0 Å². The minimum absolute atomic E-state index is 0.0257. The summed E-state index contributed by atoms with van der Waals surface area (Å²) in [7, 11) is 0. The van der Waals surface area contributed by atoms with Crippen LogP contribution in [0.2, 0.25) is 0 Å². The Hall–Kier alpha value is -0.870. The first kappa shape index (κ1) is 12.2. The second-order valence-electron chi connectivity index (χ2n) is 3.62. The highest BCUT2D eigenvalue weighted by Gasteiger charge is 2.07. The number of benzene rings is 1. The van der Waals surface area contributed by atoms with Crippen molar-refractivity contribution in [1.29, 1.82) is 0 Å². The van der Waals surface area contributed by atoms with Crippen molar-refractivity contribution in [3.63, 3.8) is 0 Å². The van der Waals surface area contributed by atoms with Gasteiger partial charge in [0, 0.05) is 10.0 Å². The van der Waals surface area contributed by atoms with Crippen molar-refractivity contribution >= 4 is 21.8 Å². The average Bonchev–Trinajstić information content (AvgIpc) is 2.12. The quantitative estimate of drug-likeness (QED) is 0.859. The molecule has 0 aliphatic rings. The van der Waals surface area contributed by atoms with Gasteiger partial charge in [0.15, 0.2) is 0 Å². The lowest BCUT2D eigenvalue weighted by molar-refractivity contribution is 0.000182. The molecule has 1 rings (SSSR count). The molecule has 0 aliphatic heterocycles. The molecule has 0 spiro atoms. The van der Waals surface area contributed by atoms with Crippen LogP contribution in [0.5, 0.6) is 0 Å². The van der Waals surface area contributed by atoms with Gasteiger partial charge in [0.25, 0.3) is 5.91 Å². The van der Waals surface area contributed by atoms with Gasteiger partial charge in [-0.15, -0.1) is 0 Å². The lowest BCUT2D eigenvalue weighted by atomic mass is 10.1. The molecule has 1 aromatic carbocycles. The topological polar surface area (TPSA) is 38.3 Å². The highest BCUT2D eigenvalue weighted by molar-refractivity contribution is 9.10. The number of hydrogen-bond donors (Lipinski definition) is 1. The number of hydroxylamine groups is 1. The highest BCUT2D eigenvalue weighted by Crippen LogP contribution is 2.15. The van der Waals surface area contributed by atoms with Crippen molar-refractivity contribution < 1.29 is 9.63 Å². The Morgan fingerprint density at radius 1 is 1.40 bits per heavy atom. The van der Waals surface area contributed by atoms with E-state index in [-0.39, 0.29) is 12.0 Å². The fraction of sp³-hybridized carbons (Fsp3) is 0.364. The summed E-state index contributed by atoms with van der Waals surface area (Å²) in [4.78, 5) is 16.6. The van der Waals surface area contributed by atoms with E-state index >= 15 is 0 Å². The lowest BCUT2D eigenvalue weighted by Gasteiger charge is -2.09. The van der Waals surface area contributed by atoms with Crippen LogP contribution in [0.15, 0.2) is 22.7 Å². The van der Waals surface area contributed by atoms with E-state index in [1.54, 1.807) is 6.07 Å². The van der Waals surface area contributed by atoms with Gasteiger partial charge >= 0.3 is 0 Å². The maximum atomic E-state index is 11.6. The molecule has 0 heterocycles. The van der Waals surface area contributed by atoms with Crippen molar-refractivity contribution in [2.75, 3.05) is 0 Å². The third-order valence-corrected chi connectivity index (χ3v) is 2.15. The average molecular weight is 272 g/mol. The molecule has 0 saturated heterocycles. The van der Waals surface area contributed by atoms with Crippen LogP contribution in [0.4, 0.5) is 0 Å². The Bertz CT molecular complexity index is 343. The molecular weight excluding hydrogens is 258 g/mol. The van der Waals surface area contributed by atoms with Crippen LogP contribution in [-0.4, -0.2) is 12.0 Å². The van der Waals surface area contributed by atoms with E-state index in [0.29, 0.717) is 5.56 Å². The van der Waals surface area contributed by atoms with Gasteiger partial charge in [-0.05, 0) is 44.5 Å². The number of rotatable bonds is 3. The third kappa shape index (κ3) is 4.01. The molecule has 0 fully saturated rings. The molecule has 1 N–H and O–H groups in total. The van der Waals surface area contributed by atoms with E-state index in [1.165, 1.54) is 0 Å². The molecular formula is C11H14BrNO2. The predicted octanol–water partition coefficient (Wildman–Crippen LogP) is 2.83. The summed E-state index contributed by atoms with van der Waals surface area (Å²) >= 11 is 3.34. The Morgan fingerprint density at radius 3 is 2.60 bits per heavy atom. The van der Waals surface area contributed by atoms with E-state index < -0.39 is 0 Å². The van der Waals surface area contributed by atoms with Crippen LogP contribution in [0.1, 0.15) is 29.8 Å². The Labute approximate surface area is 97.9 Å². The molecule has 0 unspecified atom stereocenters. The zero-order chi connectivity index (χ0) is 11.4. The molecule has 0 aliphatic carbocycles. The molecule has 0 atom stereocenters. The molecule has 1 aromatic rings. The van der Waals surface area contributed by atoms with E-state index in [4.69, 9.17) is 4.84 Å². The first-order valence-electron chi connectivity index (χ1n) is 4.72. The molecule has 82 valence electrons. The largest absolute Gasteiger partial charge is 0.274 e. The van der Waals surface area contributed by atoms with Gasteiger partial charge < -0.3 is 0 Å². The van der Waals surface area contributed by atoms with Gasteiger partial charge in [0.1, 0.15) is 0 Å². The fourth-order valence-corrected chi connectivity index (χ4v) is 1.71. The maximum absolute atomic E-state index is 11.6. The molecule has 3 nitrogen and oxygen atoms in total. The fourth-order valence-electron chi connectivity index (χ4n) is 1.10. The van der Waals surface area contributed by atoms with Gasteiger partial charge in [-0.1, -0.05) is 15.9 Å². The molecule has 1 amide bonds. The lowest BCUT2D eigenvalue weighted by Crippen LogP contribution is -2.26. The summed E-state index contributed by atoms with van der Waals surface area (Å²) in [6.07, 6.45) is -0.0257. The van der Waals surface area contributed by atoms with Crippen LogP contribution in [0, 0.1) is 6.92 Å². The van der Waals surface area contributed by atoms with Gasteiger partial charge in [0.05, 0.1) is 6.10 Å². The zero-order valence-electron chi connectivity index (χ0n) is 9.00. The van der Waals surface area contributed by atoms with E-state index in [2.05, 4.69) is 21.4 Å². The molecule has 0 bridgehead atoms. The second-order valence-corrected chi connectivity index (χ2v) is 4.53. The second kappa shape index (κ2) is 5.28. The molecule has 0 radical (unpaired) electrons. The molecule has 0 saturated carbocycles. The van der Waals surface area contributed by atoms with E-state index in [9.17, 15) is 4.79 Å². The monoisotopic (exact) mass is 271 g/mol. The first-order chi connectivity index (χ1) is 6.99. The predicted molar refractivity (Wildman–Crippen MR) is 62.6 cm³/mol. The van der Waals surface area contributed by atoms with Crippen LogP contribution in [-0.2, 0) is 4.84 Å². The van der Waals surface area contributed by atoms with Gasteiger partial charge in [0.2, 0.25) is 0 Å². The molecule has 4 heteroatoms. The van der Waals surface area contributed by atoms with Crippen molar-refractivity contribution in [2.45, 2.75) is 26.9 Å². The van der Waals surface area contributed by atoms with E-state index in [1.807, 2.05) is 32.9 Å². The molecule has 15 heavy (non-hydrogen) atoms. The smallest absolute Gasteiger partial charge is 0.271 e. The van der Waals surface area contributed by atoms with Crippen LogP contribution in [0.25, 0.3) is 0 Å². The van der Waals surface area contributed by atoms with Crippen LogP contribution in [0.3, 0.4) is 0 Å². The van der Waals surface area contributed by atoms with Crippen molar-refractivity contribution in [3.8, 4) is 0 Å². The summed E-state index contributed by atoms with van der Waals surface area (Å²) in [5, 5.41) is 0. The summed E-state index contributed by atoms with van der Waals surface area (Å²) < 4.78 is 0.886. The Kier molecular flexibility index (Phi) is 4.29. The number of nitrogens with one attached hydrogen (secondary N) is 1. The van der Waals surface area contributed by atoms with Crippen molar-refractivity contribution in [3.05, 3.63) is 33.8 Å². The Morgan fingerprint density at radius 2 is 2.07 bits per heavy atom. The summed E-state index contributed by atoms with van der Waals surface area (Å²) in [5.74, 6) is -0.229. The van der Waals surface area contributed by atoms with Gasteiger partial charge in [-0.2, -0.15) is 0 Å². The number of carbonyl (C=O) groups is 1. The van der Waals surface area contributed by atoms with Crippen molar-refractivity contribution in [1.82, 2.24) is 5.48 Å². The van der Waals surface area contributed by atoms with Crippen molar-refractivity contribution in [2.24, 2.45) is 0 Å². The summed E-state index contributed by atoms with van der Waals surface area (Å²) in [5.41, 5.74) is 4.01. The van der Waals surface area contributed by atoms with Gasteiger partial charge in [-0.3, -0.25) is 9.63 Å². The highest BCUT2D eigenvalue weighted by atomic mass is 79.9. The number of hydrogen-bond acceptors (Lipinski definition) is 2. The first-order valence-corrected chi connectivity index (χ1v) is 5.51. The normalized spacial score (nSPS) is 10.5. The number of amides is 1. The maximum Gasteiger partial charge on any atom is 0.274 e. The number of halogens is 1. The molecule has 0 aromatic heterocycles. The summed E-state index contributed by atoms with van der Waals surface area (Å²) in [6.45, 7) is 5.64. The number of aryl methyl sites for hydroxylation is 1. The minimum atomic E-state index is -0.229. The van der Waals surface area contributed by atoms with Crippen LogP contribution < -0.4 is 5.48 Å². The SMILES string of the molecule is Cc1cc(Br)cc(C(=O)NOC(C)C)c1. The zero-order valence-corrected chi connectivity index (χ0v) is 10.6.